The molecule has 0 amide bonds. The fraction of sp³-hybridized carbons (Fsp3) is 0.385. The van der Waals surface area contributed by atoms with Gasteiger partial charge in [-0.25, -0.2) is 9.99 Å². The lowest BCUT2D eigenvalue weighted by Crippen LogP contribution is -2.17. The number of hydrazone groups is 1. The number of halogens is 3. The van der Waals surface area contributed by atoms with Gasteiger partial charge in [0, 0.05) is 12.4 Å². The molecule has 0 fully saturated rings. The largest absolute Gasteiger partial charge is 0.433 e. The van der Waals surface area contributed by atoms with E-state index in [1.54, 1.807) is 20.8 Å². The van der Waals surface area contributed by atoms with E-state index < -0.39 is 11.9 Å². The first-order chi connectivity index (χ1) is 8.81. The summed E-state index contributed by atoms with van der Waals surface area (Å²) in [6, 6.07) is 2.93. The minimum absolute atomic E-state index is 0.0878. The van der Waals surface area contributed by atoms with Crippen LogP contribution in [0.15, 0.2) is 30.0 Å². The topological polar surface area (TPSA) is 28.5 Å². The molecule has 0 aromatic carbocycles. The van der Waals surface area contributed by atoms with E-state index in [4.69, 9.17) is 0 Å². The second-order valence-corrected chi connectivity index (χ2v) is 4.16. The molecular weight excluding hydrogens is 255 g/mol. The molecule has 0 unspecified atom stereocenters. The minimum atomic E-state index is -4.49. The number of anilines is 1. The third kappa shape index (κ3) is 3.56. The fourth-order valence-corrected chi connectivity index (χ4v) is 1.60. The molecule has 0 atom stereocenters. The quantitative estimate of drug-likeness (QED) is 0.607. The van der Waals surface area contributed by atoms with Gasteiger partial charge in [-0.3, -0.25) is 0 Å². The minimum Gasteiger partial charge on any atom is -0.224 e. The molecule has 1 heterocycles. The van der Waals surface area contributed by atoms with Crippen LogP contribution in [-0.4, -0.2) is 11.2 Å². The molecule has 0 spiro atoms. The summed E-state index contributed by atoms with van der Waals surface area (Å²) >= 11 is 0. The number of hydrogen-bond donors (Lipinski definition) is 0. The second kappa shape index (κ2) is 5.86. The molecular formula is C13H16F3N3. The van der Waals surface area contributed by atoms with Crippen LogP contribution in [0.3, 0.4) is 0 Å². The molecule has 6 heteroatoms. The predicted octanol–water partition coefficient (Wildman–Crippen LogP) is 4.18. The molecule has 1 rings (SSSR count). The van der Waals surface area contributed by atoms with Crippen molar-refractivity contribution < 1.29 is 13.2 Å². The highest BCUT2D eigenvalue weighted by Crippen LogP contribution is 2.35. The summed E-state index contributed by atoms with van der Waals surface area (Å²) in [6.45, 7) is 8.54. The first-order valence-electron chi connectivity index (χ1n) is 5.79. The molecule has 0 aliphatic heterocycles. The van der Waals surface area contributed by atoms with Gasteiger partial charge in [0.25, 0.3) is 0 Å². The smallest absolute Gasteiger partial charge is 0.224 e. The van der Waals surface area contributed by atoms with Crippen LogP contribution >= 0.6 is 0 Å². The van der Waals surface area contributed by atoms with Crippen LogP contribution in [0.4, 0.5) is 19.0 Å². The summed E-state index contributed by atoms with van der Waals surface area (Å²) in [6.07, 6.45) is -1.73. The van der Waals surface area contributed by atoms with Gasteiger partial charge < -0.3 is 0 Å². The Hall–Kier alpha value is -1.85. The van der Waals surface area contributed by atoms with E-state index >= 15 is 0 Å². The highest BCUT2D eigenvalue weighted by atomic mass is 19.4. The summed E-state index contributed by atoms with van der Waals surface area (Å²) in [7, 11) is 0. The zero-order valence-corrected chi connectivity index (χ0v) is 11.1. The Bertz CT molecular complexity index is 479. The molecule has 0 N–H and O–H groups in total. The van der Waals surface area contributed by atoms with E-state index in [2.05, 4.69) is 16.7 Å². The van der Waals surface area contributed by atoms with Gasteiger partial charge in [-0.05, 0) is 24.5 Å². The van der Waals surface area contributed by atoms with Gasteiger partial charge in [0.2, 0.25) is 0 Å². The number of rotatable bonds is 4. The van der Waals surface area contributed by atoms with Crippen LogP contribution in [0.1, 0.15) is 37.9 Å². The molecule has 1 aromatic heterocycles. The Morgan fingerprint density at radius 3 is 2.42 bits per heavy atom. The van der Waals surface area contributed by atoms with E-state index in [1.807, 2.05) is 0 Å². The van der Waals surface area contributed by atoms with Crippen molar-refractivity contribution in [2.75, 3.05) is 5.01 Å². The lowest BCUT2D eigenvalue weighted by molar-refractivity contribution is -0.141. The highest BCUT2D eigenvalue weighted by molar-refractivity contribution is 5.57. The van der Waals surface area contributed by atoms with E-state index in [0.29, 0.717) is 0 Å². The molecule has 0 aliphatic carbocycles. The molecule has 0 saturated heterocycles. The Morgan fingerprint density at radius 2 is 2.00 bits per heavy atom. The molecule has 0 radical (unpaired) electrons. The van der Waals surface area contributed by atoms with Gasteiger partial charge in [0.05, 0.1) is 0 Å². The number of hydrogen-bond acceptors (Lipinski definition) is 3. The summed E-state index contributed by atoms with van der Waals surface area (Å²) in [5.74, 6) is -0.171. The molecule has 104 valence electrons. The van der Waals surface area contributed by atoms with Crippen LogP contribution in [0.5, 0.6) is 0 Å². The maximum atomic E-state index is 13.0. The van der Waals surface area contributed by atoms with Crippen LogP contribution < -0.4 is 5.01 Å². The van der Waals surface area contributed by atoms with E-state index in [-0.39, 0.29) is 17.3 Å². The van der Waals surface area contributed by atoms with Crippen LogP contribution in [-0.2, 0) is 6.18 Å². The normalized spacial score (nSPS) is 12.2. The molecule has 3 nitrogen and oxygen atoms in total. The lowest BCUT2D eigenvalue weighted by atomic mass is 10.0. The Morgan fingerprint density at radius 1 is 1.37 bits per heavy atom. The average Bonchev–Trinajstić information content (AvgIpc) is 2.34. The predicted molar refractivity (Wildman–Crippen MR) is 70.2 cm³/mol. The van der Waals surface area contributed by atoms with E-state index in [9.17, 15) is 13.2 Å². The zero-order valence-electron chi connectivity index (χ0n) is 11.1. The van der Waals surface area contributed by atoms with Gasteiger partial charge in [0.1, 0.15) is 5.69 Å². The van der Waals surface area contributed by atoms with Gasteiger partial charge in [-0.2, -0.15) is 18.3 Å². The Balaban J connectivity index is 3.37. The fourth-order valence-electron chi connectivity index (χ4n) is 1.60. The SMILES string of the molecule is C=CN(/N=C\C)c1ccc(C(C)C)c(C(F)(F)F)n1. The van der Waals surface area contributed by atoms with Crippen molar-refractivity contribution in [3.63, 3.8) is 0 Å². The van der Waals surface area contributed by atoms with Crippen LogP contribution in [0, 0.1) is 0 Å². The summed E-state index contributed by atoms with van der Waals surface area (Å²) in [4.78, 5) is 3.67. The molecule has 0 saturated carbocycles. The van der Waals surface area contributed by atoms with Crippen LogP contribution in [0.2, 0.25) is 0 Å². The van der Waals surface area contributed by atoms with Crippen molar-refractivity contribution in [2.24, 2.45) is 5.10 Å². The van der Waals surface area contributed by atoms with Crippen molar-refractivity contribution in [3.05, 3.63) is 36.2 Å². The third-order valence-corrected chi connectivity index (χ3v) is 2.45. The number of aromatic nitrogens is 1. The first-order valence-corrected chi connectivity index (χ1v) is 5.79. The first kappa shape index (κ1) is 15.2. The summed E-state index contributed by atoms with van der Waals surface area (Å²) < 4.78 is 39.0. The maximum absolute atomic E-state index is 13.0. The van der Waals surface area contributed by atoms with Gasteiger partial charge >= 0.3 is 6.18 Å². The average molecular weight is 271 g/mol. The van der Waals surface area contributed by atoms with Crippen molar-refractivity contribution >= 4 is 12.0 Å². The maximum Gasteiger partial charge on any atom is 0.433 e. The molecule has 19 heavy (non-hydrogen) atoms. The highest BCUT2D eigenvalue weighted by Gasteiger charge is 2.36. The van der Waals surface area contributed by atoms with Gasteiger partial charge in [-0.1, -0.05) is 26.5 Å². The summed E-state index contributed by atoms with van der Waals surface area (Å²) in [5.41, 5.74) is -0.709. The number of alkyl halides is 3. The van der Waals surface area contributed by atoms with E-state index in [0.717, 1.165) is 0 Å². The molecule has 1 aromatic rings. The van der Waals surface area contributed by atoms with Crippen molar-refractivity contribution in [1.82, 2.24) is 4.98 Å². The molecule has 0 aliphatic rings. The number of pyridine rings is 1. The Labute approximate surface area is 110 Å². The monoisotopic (exact) mass is 271 g/mol. The third-order valence-electron chi connectivity index (χ3n) is 2.45. The second-order valence-electron chi connectivity index (χ2n) is 4.16. The zero-order chi connectivity index (χ0) is 14.6. The number of nitrogens with zero attached hydrogens (tertiary/aromatic N) is 3. The lowest BCUT2D eigenvalue weighted by Gasteiger charge is -2.18. The van der Waals surface area contributed by atoms with Crippen molar-refractivity contribution in [1.29, 1.82) is 0 Å². The van der Waals surface area contributed by atoms with Gasteiger partial charge in [-0.15, -0.1) is 0 Å². The van der Waals surface area contributed by atoms with Gasteiger partial charge in [0.15, 0.2) is 5.82 Å². The molecule has 0 bridgehead atoms. The van der Waals surface area contributed by atoms with Crippen molar-refractivity contribution in [3.8, 4) is 0 Å². The Kier molecular flexibility index (Phi) is 4.69. The van der Waals surface area contributed by atoms with Crippen LogP contribution in [0.25, 0.3) is 0 Å². The van der Waals surface area contributed by atoms with Crippen molar-refractivity contribution in [2.45, 2.75) is 32.9 Å². The summed E-state index contributed by atoms with van der Waals surface area (Å²) in [5, 5.41) is 5.06. The standard InChI is InChI=1S/C13H16F3N3/c1-5-17-19(6-2)11-8-7-10(9(3)4)12(18-11)13(14,15)16/h5-9H,2H2,1,3-4H3/b17-5-. The van der Waals surface area contributed by atoms with E-state index in [1.165, 1.54) is 29.6 Å².